The average Bonchev–Trinajstić information content (AvgIpc) is 2.34. The van der Waals surface area contributed by atoms with Crippen molar-refractivity contribution in [2.75, 3.05) is 13.7 Å². The summed E-state index contributed by atoms with van der Waals surface area (Å²) in [6, 6.07) is 7.31. The van der Waals surface area contributed by atoms with Gasteiger partial charge in [0.25, 0.3) is 0 Å². The molecule has 0 saturated carbocycles. The van der Waals surface area contributed by atoms with Crippen LogP contribution >= 0.6 is 0 Å². The third-order valence-electron chi connectivity index (χ3n) is 3.04. The molecule has 1 aliphatic rings. The van der Waals surface area contributed by atoms with Crippen LogP contribution in [0.15, 0.2) is 24.3 Å². The van der Waals surface area contributed by atoms with E-state index < -0.39 is 6.04 Å². The number of β-lactam (4-membered cyclic amide) rings is 1. The van der Waals surface area contributed by atoms with Gasteiger partial charge in [0.2, 0.25) is 5.91 Å². The van der Waals surface area contributed by atoms with E-state index in [1.165, 1.54) is 0 Å². The number of ether oxygens (including phenoxy) is 1. The molecule has 1 fully saturated rings. The molecule has 0 unspecified atom stereocenters. The van der Waals surface area contributed by atoms with E-state index in [9.17, 15) is 4.79 Å². The van der Waals surface area contributed by atoms with E-state index in [-0.39, 0.29) is 11.9 Å². The van der Waals surface area contributed by atoms with E-state index in [1.54, 1.807) is 12.0 Å². The molecule has 0 aliphatic carbocycles. The molecular weight excluding hydrogens is 204 g/mol. The average molecular weight is 220 g/mol. The number of likely N-dealkylation sites (tertiary alicyclic amines) is 1. The maximum Gasteiger partial charge on any atom is 0.242 e. The fourth-order valence-electron chi connectivity index (χ4n) is 2.12. The predicted octanol–water partition coefficient (Wildman–Crippen LogP) is 0.926. The van der Waals surface area contributed by atoms with Gasteiger partial charge in [-0.3, -0.25) is 4.79 Å². The number of carbonyl (C=O) groups excluding carboxylic acids is 1. The van der Waals surface area contributed by atoms with E-state index in [4.69, 9.17) is 10.5 Å². The lowest BCUT2D eigenvalue weighted by Crippen LogP contribution is -2.62. The minimum absolute atomic E-state index is 0.0170. The van der Waals surface area contributed by atoms with Crippen molar-refractivity contribution in [2.45, 2.75) is 19.0 Å². The summed E-state index contributed by atoms with van der Waals surface area (Å²) in [6.45, 7) is 2.66. The first kappa shape index (κ1) is 11.0. The Kier molecular flexibility index (Phi) is 2.83. The molecule has 2 rings (SSSR count). The highest BCUT2D eigenvalue weighted by molar-refractivity contribution is 5.89. The molecule has 2 atom stereocenters. The van der Waals surface area contributed by atoms with Gasteiger partial charge in [0.1, 0.15) is 11.8 Å². The van der Waals surface area contributed by atoms with Crippen molar-refractivity contribution in [2.24, 2.45) is 5.73 Å². The summed E-state index contributed by atoms with van der Waals surface area (Å²) < 4.78 is 5.09. The molecule has 4 heteroatoms. The van der Waals surface area contributed by atoms with Crippen LogP contribution in [0.1, 0.15) is 18.5 Å². The van der Waals surface area contributed by atoms with Crippen molar-refractivity contribution in [1.29, 1.82) is 0 Å². The molecule has 4 nitrogen and oxygen atoms in total. The van der Waals surface area contributed by atoms with Gasteiger partial charge in [-0.05, 0) is 24.6 Å². The number of nitrogens with zero attached hydrogens (tertiary/aromatic N) is 1. The molecule has 0 spiro atoms. The third-order valence-corrected chi connectivity index (χ3v) is 3.04. The Morgan fingerprint density at radius 2 is 2.00 bits per heavy atom. The van der Waals surface area contributed by atoms with Crippen LogP contribution in [0.4, 0.5) is 0 Å². The van der Waals surface area contributed by atoms with Crippen LogP contribution in [0.5, 0.6) is 5.75 Å². The van der Waals surface area contributed by atoms with Crippen molar-refractivity contribution in [3.05, 3.63) is 29.8 Å². The highest BCUT2D eigenvalue weighted by Crippen LogP contribution is 2.33. The Balaban J connectivity index is 2.20. The number of likely N-dealkylation sites (N-methyl/N-ethyl adjacent to an activating group) is 1. The quantitative estimate of drug-likeness (QED) is 0.771. The standard InChI is InChI=1S/C12H16N2O2/c1-3-14-11(10(13)12(14)15)8-4-6-9(16-2)7-5-8/h4-7,10-11H,3,13H2,1-2H3/t10-,11-/m0/s1. The fraction of sp³-hybridized carbons (Fsp3) is 0.417. The number of nitrogens with two attached hydrogens (primary N) is 1. The summed E-state index contributed by atoms with van der Waals surface area (Å²) in [5.41, 5.74) is 6.88. The number of carbonyl (C=O) groups is 1. The third kappa shape index (κ3) is 1.55. The number of rotatable bonds is 3. The summed E-state index contributed by atoms with van der Waals surface area (Å²) in [6.07, 6.45) is 0. The molecule has 0 bridgehead atoms. The fourth-order valence-corrected chi connectivity index (χ4v) is 2.12. The Hall–Kier alpha value is -1.55. The number of hydrogen-bond acceptors (Lipinski definition) is 3. The van der Waals surface area contributed by atoms with Crippen LogP contribution in [0, 0.1) is 0 Å². The largest absolute Gasteiger partial charge is 0.497 e. The minimum atomic E-state index is -0.395. The van der Waals surface area contributed by atoms with E-state index in [0.717, 1.165) is 11.3 Å². The van der Waals surface area contributed by atoms with Gasteiger partial charge in [0.15, 0.2) is 0 Å². The minimum Gasteiger partial charge on any atom is -0.497 e. The molecular formula is C12H16N2O2. The molecule has 1 aromatic carbocycles. The second-order valence-corrected chi connectivity index (χ2v) is 3.87. The zero-order valence-corrected chi connectivity index (χ0v) is 9.51. The molecule has 1 aromatic rings. The van der Waals surface area contributed by atoms with Gasteiger partial charge in [-0.1, -0.05) is 12.1 Å². The summed E-state index contributed by atoms with van der Waals surface area (Å²) in [7, 11) is 1.63. The lowest BCUT2D eigenvalue weighted by Gasteiger charge is -2.45. The number of benzene rings is 1. The number of methoxy groups -OCH3 is 1. The lowest BCUT2D eigenvalue weighted by atomic mass is 9.89. The molecule has 86 valence electrons. The van der Waals surface area contributed by atoms with Gasteiger partial charge >= 0.3 is 0 Å². The molecule has 0 aromatic heterocycles. The van der Waals surface area contributed by atoms with Crippen LogP contribution in [0.25, 0.3) is 0 Å². The molecule has 1 amide bonds. The predicted molar refractivity (Wildman–Crippen MR) is 61.1 cm³/mol. The summed E-state index contributed by atoms with van der Waals surface area (Å²) >= 11 is 0. The van der Waals surface area contributed by atoms with Gasteiger partial charge in [-0.15, -0.1) is 0 Å². The Morgan fingerprint density at radius 1 is 1.38 bits per heavy atom. The topological polar surface area (TPSA) is 55.6 Å². The smallest absolute Gasteiger partial charge is 0.242 e. The first-order chi connectivity index (χ1) is 7.69. The lowest BCUT2D eigenvalue weighted by molar-refractivity contribution is -0.149. The van der Waals surface area contributed by atoms with E-state index >= 15 is 0 Å². The van der Waals surface area contributed by atoms with Crippen molar-refractivity contribution < 1.29 is 9.53 Å². The van der Waals surface area contributed by atoms with Crippen molar-refractivity contribution in [3.63, 3.8) is 0 Å². The van der Waals surface area contributed by atoms with Crippen LogP contribution in [0.2, 0.25) is 0 Å². The zero-order valence-electron chi connectivity index (χ0n) is 9.51. The zero-order chi connectivity index (χ0) is 11.7. The second kappa shape index (κ2) is 4.14. The van der Waals surface area contributed by atoms with Gasteiger partial charge < -0.3 is 15.4 Å². The molecule has 1 saturated heterocycles. The van der Waals surface area contributed by atoms with Gasteiger partial charge in [-0.2, -0.15) is 0 Å². The van der Waals surface area contributed by atoms with Crippen LogP contribution < -0.4 is 10.5 Å². The number of amides is 1. The molecule has 1 aliphatic heterocycles. The van der Waals surface area contributed by atoms with E-state index in [2.05, 4.69) is 0 Å². The molecule has 1 heterocycles. The second-order valence-electron chi connectivity index (χ2n) is 3.87. The van der Waals surface area contributed by atoms with E-state index in [1.807, 2.05) is 31.2 Å². The van der Waals surface area contributed by atoms with Crippen LogP contribution in [-0.2, 0) is 4.79 Å². The first-order valence-corrected chi connectivity index (χ1v) is 5.39. The normalized spacial score (nSPS) is 24.2. The van der Waals surface area contributed by atoms with Gasteiger partial charge in [0, 0.05) is 6.54 Å². The Labute approximate surface area is 95.0 Å². The summed E-state index contributed by atoms with van der Waals surface area (Å²) in [5, 5.41) is 0. The molecule has 2 N–H and O–H groups in total. The first-order valence-electron chi connectivity index (χ1n) is 5.39. The Morgan fingerprint density at radius 3 is 2.50 bits per heavy atom. The highest BCUT2D eigenvalue weighted by Gasteiger charge is 2.44. The molecule has 16 heavy (non-hydrogen) atoms. The van der Waals surface area contributed by atoms with Gasteiger partial charge in [-0.25, -0.2) is 0 Å². The van der Waals surface area contributed by atoms with E-state index in [0.29, 0.717) is 6.54 Å². The van der Waals surface area contributed by atoms with Crippen molar-refractivity contribution in [3.8, 4) is 5.75 Å². The highest BCUT2D eigenvalue weighted by atomic mass is 16.5. The van der Waals surface area contributed by atoms with Crippen molar-refractivity contribution >= 4 is 5.91 Å². The van der Waals surface area contributed by atoms with Crippen molar-refractivity contribution in [1.82, 2.24) is 4.90 Å². The summed E-state index contributed by atoms with van der Waals surface area (Å²) in [4.78, 5) is 13.3. The van der Waals surface area contributed by atoms with Gasteiger partial charge in [0.05, 0.1) is 13.2 Å². The maximum atomic E-state index is 11.5. The maximum absolute atomic E-state index is 11.5. The molecule has 0 radical (unpaired) electrons. The van der Waals surface area contributed by atoms with Crippen LogP contribution in [0.3, 0.4) is 0 Å². The van der Waals surface area contributed by atoms with Crippen LogP contribution in [-0.4, -0.2) is 30.5 Å². The number of hydrogen-bond donors (Lipinski definition) is 1. The monoisotopic (exact) mass is 220 g/mol. The summed E-state index contributed by atoms with van der Waals surface area (Å²) in [5.74, 6) is 0.842. The SMILES string of the molecule is CCN1C(=O)[C@@H](N)[C@@H]1c1ccc(OC)cc1. The Bertz CT molecular complexity index is 389.